The van der Waals surface area contributed by atoms with Crippen LogP contribution in [0.25, 0.3) is 0 Å². The third-order valence-electron chi connectivity index (χ3n) is 3.69. The first kappa shape index (κ1) is 19.4. The van der Waals surface area contributed by atoms with Gasteiger partial charge in [0.1, 0.15) is 5.60 Å². The van der Waals surface area contributed by atoms with E-state index < -0.39 is 21.7 Å². The lowest BCUT2D eigenvalue weighted by Crippen LogP contribution is -2.30. The Morgan fingerprint density at radius 3 is 2.24 bits per heavy atom. The normalized spacial score (nSPS) is 16.7. The van der Waals surface area contributed by atoms with Crippen LogP contribution in [0.3, 0.4) is 0 Å². The summed E-state index contributed by atoms with van der Waals surface area (Å²) in [6.07, 6.45) is 1.17. The zero-order valence-electron chi connectivity index (χ0n) is 15.1. The number of ether oxygens (including phenoxy) is 1. The Morgan fingerprint density at radius 1 is 1.16 bits per heavy atom. The lowest BCUT2D eigenvalue weighted by molar-refractivity contribution is 0.0529. The Labute approximate surface area is 149 Å². The Morgan fingerprint density at radius 2 is 1.72 bits per heavy atom. The quantitative estimate of drug-likeness (QED) is 0.655. The summed E-state index contributed by atoms with van der Waals surface area (Å²) in [5, 5.41) is 3.98. The van der Waals surface area contributed by atoms with E-state index in [4.69, 9.17) is 4.74 Å². The molecule has 0 saturated carbocycles. The number of amides is 1. The maximum atomic E-state index is 12.5. The van der Waals surface area contributed by atoms with Crippen LogP contribution < -0.4 is 5.43 Å². The Balaban J connectivity index is 2.06. The highest BCUT2D eigenvalue weighted by molar-refractivity contribution is 7.89. The van der Waals surface area contributed by atoms with E-state index in [1.165, 1.54) is 4.31 Å². The zero-order chi connectivity index (χ0) is 18.7. The summed E-state index contributed by atoms with van der Waals surface area (Å²) in [6, 6.07) is 6.49. The smallest absolute Gasteiger partial charge is 0.428 e. The number of hydrogen-bond acceptors (Lipinski definition) is 5. The van der Waals surface area contributed by atoms with Gasteiger partial charge in [0.15, 0.2) is 0 Å². The molecule has 0 aromatic heterocycles. The van der Waals surface area contributed by atoms with Gasteiger partial charge >= 0.3 is 6.09 Å². The fourth-order valence-electron chi connectivity index (χ4n) is 2.44. The maximum absolute atomic E-state index is 12.5. The van der Waals surface area contributed by atoms with Crippen LogP contribution in [-0.4, -0.2) is 43.2 Å². The van der Waals surface area contributed by atoms with Gasteiger partial charge in [0.05, 0.1) is 10.6 Å². The largest absolute Gasteiger partial charge is 0.443 e. The number of carbonyl (C=O) groups excluding carboxylic acids is 1. The third-order valence-corrected chi connectivity index (χ3v) is 5.60. The van der Waals surface area contributed by atoms with Crippen molar-refractivity contribution in [3.8, 4) is 0 Å². The van der Waals surface area contributed by atoms with Gasteiger partial charge < -0.3 is 4.74 Å². The van der Waals surface area contributed by atoms with Gasteiger partial charge in [0.25, 0.3) is 0 Å². The van der Waals surface area contributed by atoms with Crippen molar-refractivity contribution in [3.63, 3.8) is 0 Å². The summed E-state index contributed by atoms with van der Waals surface area (Å²) in [4.78, 5) is 11.9. The SMILES string of the molecule is C/C(=N\NC(=O)OC(C)(C)C)c1ccc(S(=O)(=O)N2CCCC2)cc1. The van der Waals surface area contributed by atoms with E-state index in [1.54, 1.807) is 52.0 Å². The monoisotopic (exact) mass is 367 g/mol. The molecule has 8 heteroatoms. The first-order valence-electron chi connectivity index (χ1n) is 8.23. The summed E-state index contributed by atoms with van der Waals surface area (Å²) < 4.78 is 31.6. The van der Waals surface area contributed by atoms with Crippen LogP contribution in [0.2, 0.25) is 0 Å². The fraction of sp³-hybridized carbons (Fsp3) is 0.529. The summed E-state index contributed by atoms with van der Waals surface area (Å²) in [5.41, 5.74) is 3.00. The molecular weight excluding hydrogens is 342 g/mol. The van der Waals surface area contributed by atoms with Gasteiger partial charge in [0.2, 0.25) is 10.0 Å². The fourth-order valence-corrected chi connectivity index (χ4v) is 3.96. The average molecular weight is 367 g/mol. The number of nitrogens with zero attached hydrogens (tertiary/aromatic N) is 2. The number of benzene rings is 1. The second-order valence-electron chi connectivity index (χ2n) is 6.95. The molecule has 1 aromatic carbocycles. The molecule has 1 amide bonds. The highest BCUT2D eigenvalue weighted by atomic mass is 32.2. The molecule has 2 rings (SSSR count). The van der Waals surface area contributed by atoms with Crippen LogP contribution in [0.5, 0.6) is 0 Å². The molecule has 138 valence electrons. The highest BCUT2D eigenvalue weighted by Crippen LogP contribution is 2.21. The second-order valence-corrected chi connectivity index (χ2v) is 8.88. The predicted octanol–water partition coefficient (Wildman–Crippen LogP) is 2.72. The van der Waals surface area contributed by atoms with Gasteiger partial charge in [-0.1, -0.05) is 12.1 Å². The third kappa shape index (κ3) is 5.27. The minimum absolute atomic E-state index is 0.269. The van der Waals surface area contributed by atoms with Crippen LogP contribution in [0, 0.1) is 0 Å². The lowest BCUT2D eigenvalue weighted by Gasteiger charge is -2.18. The number of rotatable bonds is 4. The van der Waals surface area contributed by atoms with E-state index in [0.717, 1.165) is 18.4 Å². The molecule has 7 nitrogen and oxygen atoms in total. The average Bonchev–Trinajstić information content (AvgIpc) is 3.06. The Hall–Kier alpha value is -1.93. The molecule has 1 aromatic rings. The van der Waals surface area contributed by atoms with Crippen molar-refractivity contribution in [3.05, 3.63) is 29.8 Å². The lowest BCUT2D eigenvalue weighted by atomic mass is 10.1. The molecule has 0 spiro atoms. The van der Waals surface area contributed by atoms with Gasteiger partial charge in [-0.2, -0.15) is 9.41 Å². The van der Waals surface area contributed by atoms with Crippen LogP contribution in [-0.2, 0) is 14.8 Å². The standard InChI is InChI=1S/C17H25N3O4S/c1-13(18-19-16(21)24-17(2,3)4)14-7-9-15(10-8-14)25(22,23)20-11-5-6-12-20/h7-10H,5-6,11-12H2,1-4H3,(H,19,21)/b18-13+. The first-order chi connectivity index (χ1) is 11.6. The van der Waals surface area contributed by atoms with Crippen molar-refractivity contribution in [1.82, 2.24) is 9.73 Å². The molecule has 25 heavy (non-hydrogen) atoms. The van der Waals surface area contributed by atoms with Gasteiger partial charge in [-0.25, -0.2) is 18.6 Å². The second kappa shape index (κ2) is 7.53. The molecule has 0 radical (unpaired) electrons. The Bertz CT molecular complexity index is 743. The van der Waals surface area contributed by atoms with Crippen molar-refractivity contribution < 1.29 is 17.9 Å². The van der Waals surface area contributed by atoms with E-state index in [-0.39, 0.29) is 4.90 Å². The number of hydrogen-bond donors (Lipinski definition) is 1. The van der Waals surface area contributed by atoms with Gasteiger partial charge in [0, 0.05) is 13.1 Å². The molecule has 0 bridgehead atoms. The van der Waals surface area contributed by atoms with E-state index in [0.29, 0.717) is 18.8 Å². The van der Waals surface area contributed by atoms with Crippen molar-refractivity contribution in [2.24, 2.45) is 5.10 Å². The molecular formula is C17H25N3O4S. The number of sulfonamides is 1. The molecule has 1 heterocycles. The summed E-state index contributed by atoms with van der Waals surface area (Å²) in [5.74, 6) is 0. The molecule has 1 aliphatic heterocycles. The van der Waals surface area contributed by atoms with Crippen molar-refractivity contribution in [2.45, 2.75) is 51.0 Å². The molecule has 1 saturated heterocycles. The number of nitrogens with one attached hydrogen (secondary N) is 1. The van der Waals surface area contributed by atoms with E-state index in [1.807, 2.05) is 0 Å². The van der Waals surface area contributed by atoms with Crippen LogP contribution in [0.4, 0.5) is 4.79 Å². The molecule has 1 aliphatic rings. The molecule has 0 atom stereocenters. The van der Waals surface area contributed by atoms with Crippen molar-refractivity contribution in [1.29, 1.82) is 0 Å². The van der Waals surface area contributed by atoms with E-state index in [2.05, 4.69) is 10.5 Å². The predicted molar refractivity (Wildman–Crippen MR) is 96.0 cm³/mol. The van der Waals surface area contributed by atoms with E-state index >= 15 is 0 Å². The minimum Gasteiger partial charge on any atom is -0.443 e. The van der Waals surface area contributed by atoms with Gasteiger partial charge in [-0.05, 0) is 58.2 Å². The van der Waals surface area contributed by atoms with Gasteiger partial charge in [-0.15, -0.1) is 0 Å². The zero-order valence-corrected chi connectivity index (χ0v) is 15.9. The molecule has 0 unspecified atom stereocenters. The van der Waals surface area contributed by atoms with Crippen molar-refractivity contribution in [2.75, 3.05) is 13.1 Å². The van der Waals surface area contributed by atoms with Crippen molar-refractivity contribution >= 4 is 21.8 Å². The summed E-state index contributed by atoms with van der Waals surface area (Å²) in [7, 11) is -3.42. The number of carbonyl (C=O) groups is 1. The van der Waals surface area contributed by atoms with Crippen LogP contribution in [0.1, 0.15) is 46.1 Å². The highest BCUT2D eigenvalue weighted by Gasteiger charge is 2.26. The summed E-state index contributed by atoms with van der Waals surface area (Å²) >= 11 is 0. The molecule has 1 fully saturated rings. The van der Waals surface area contributed by atoms with E-state index in [9.17, 15) is 13.2 Å². The minimum atomic E-state index is -3.42. The molecule has 0 aliphatic carbocycles. The summed E-state index contributed by atoms with van der Waals surface area (Å²) in [6.45, 7) is 8.17. The molecule has 1 N–H and O–H groups in total. The first-order valence-corrected chi connectivity index (χ1v) is 9.67. The van der Waals surface area contributed by atoms with Crippen LogP contribution >= 0.6 is 0 Å². The van der Waals surface area contributed by atoms with Gasteiger partial charge in [-0.3, -0.25) is 0 Å². The maximum Gasteiger partial charge on any atom is 0.428 e. The number of hydrazone groups is 1. The van der Waals surface area contributed by atoms with Crippen LogP contribution in [0.15, 0.2) is 34.3 Å². The Kier molecular flexibility index (Phi) is 5.84. The topological polar surface area (TPSA) is 88.1 Å².